The van der Waals surface area contributed by atoms with Crippen molar-refractivity contribution in [3.63, 3.8) is 0 Å². The molecule has 0 saturated carbocycles. The van der Waals surface area contributed by atoms with Crippen LogP contribution in [0.2, 0.25) is 0 Å². The summed E-state index contributed by atoms with van der Waals surface area (Å²) in [6.45, 7) is 9.44. The molecule has 0 radical (unpaired) electrons. The Hall–Kier alpha value is -2.16. The molecule has 8 heteroatoms. The van der Waals surface area contributed by atoms with Crippen LogP contribution in [-0.2, 0) is 14.3 Å². The highest BCUT2D eigenvalue weighted by molar-refractivity contribution is 5.79. The van der Waals surface area contributed by atoms with Gasteiger partial charge in [0.1, 0.15) is 11.4 Å². The number of β-amino-alcohol motifs (C(OH)–C–C–N with tert-alkyl or cyclic N) is 1. The van der Waals surface area contributed by atoms with Crippen LogP contribution in [0.3, 0.4) is 0 Å². The average molecular weight is 434 g/mol. The zero-order valence-corrected chi connectivity index (χ0v) is 18.8. The zero-order valence-electron chi connectivity index (χ0n) is 18.8. The van der Waals surface area contributed by atoms with Gasteiger partial charge < -0.3 is 24.8 Å². The molecule has 1 aromatic carbocycles. The molecule has 1 amide bonds. The first-order valence-electron chi connectivity index (χ1n) is 11.1. The Labute approximate surface area is 184 Å². The molecule has 2 aliphatic heterocycles. The van der Waals surface area contributed by atoms with Crippen molar-refractivity contribution in [2.75, 3.05) is 45.9 Å². The fourth-order valence-corrected chi connectivity index (χ4v) is 4.02. The number of hydrogen-bond donors (Lipinski definition) is 2. The number of carbonyl (C=O) groups is 2. The van der Waals surface area contributed by atoms with Crippen molar-refractivity contribution >= 4 is 11.9 Å². The standard InChI is InChI=1S/C23H35N3O5/c1-23(2,3)31-22(29)16-30-19-6-4-17(5-7-19)20(27)14-26-13-12-25(15-21(26)28)18-8-10-24-11-9-18/h4-7,18,20,24,27H,8-16H2,1-3H3. The molecule has 2 heterocycles. The second-order valence-electron chi connectivity index (χ2n) is 9.25. The highest BCUT2D eigenvalue weighted by Gasteiger charge is 2.30. The summed E-state index contributed by atoms with van der Waals surface area (Å²) >= 11 is 0. The predicted octanol–water partition coefficient (Wildman–Crippen LogP) is 1.34. The van der Waals surface area contributed by atoms with E-state index in [4.69, 9.17) is 9.47 Å². The summed E-state index contributed by atoms with van der Waals surface area (Å²) < 4.78 is 10.7. The summed E-state index contributed by atoms with van der Waals surface area (Å²) in [6, 6.07) is 7.40. The third kappa shape index (κ3) is 7.19. The molecule has 172 valence electrons. The van der Waals surface area contributed by atoms with E-state index in [0.717, 1.165) is 32.5 Å². The smallest absolute Gasteiger partial charge is 0.344 e. The number of carbonyl (C=O) groups excluding carboxylic acids is 2. The van der Waals surface area contributed by atoms with E-state index in [1.165, 1.54) is 0 Å². The van der Waals surface area contributed by atoms with E-state index in [1.54, 1.807) is 49.9 Å². The second-order valence-corrected chi connectivity index (χ2v) is 9.25. The minimum Gasteiger partial charge on any atom is -0.482 e. The Morgan fingerprint density at radius 1 is 1.19 bits per heavy atom. The topological polar surface area (TPSA) is 91.3 Å². The van der Waals surface area contributed by atoms with Gasteiger partial charge >= 0.3 is 5.97 Å². The van der Waals surface area contributed by atoms with Crippen molar-refractivity contribution in [3.05, 3.63) is 29.8 Å². The van der Waals surface area contributed by atoms with E-state index in [9.17, 15) is 14.7 Å². The third-order valence-corrected chi connectivity index (χ3v) is 5.61. The molecule has 31 heavy (non-hydrogen) atoms. The van der Waals surface area contributed by atoms with Gasteiger partial charge in [0, 0.05) is 19.1 Å². The Morgan fingerprint density at radius 2 is 1.87 bits per heavy atom. The number of amides is 1. The highest BCUT2D eigenvalue weighted by atomic mass is 16.6. The number of benzene rings is 1. The lowest BCUT2D eigenvalue weighted by Crippen LogP contribution is -2.55. The molecule has 1 atom stereocenters. The normalized spacial score (nSPS) is 19.9. The minimum absolute atomic E-state index is 0.0705. The van der Waals surface area contributed by atoms with Crippen LogP contribution >= 0.6 is 0 Å². The van der Waals surface area contributed by atoms with E-state index in [2.05, 4.69) is 10.2 Å². The van der Waals surface area contributed by atoms with Gasteiger partial charge in [-0.15, -0.1) is 0 Å². The van der Waals surface area contributed by atoms with Crippen molar-refractivity contribution < 1.29 is 24.2 Å². The summed E-state index contributed by atoms with van der Waals surface area (Å²) in [4.78, 5) is 28.4. The minimum atomic E-state index is -0.769. The Morgan fingerprint density at radius 3 is 2.48 bits per heavy atom. The summed E-state index contributed by atoms with van der Waals surface area (Å²) in [6.07, 6.45) is 1.39. The lowest BCUT2D eigenvalue weighted by atomic mass is 10.0. The van der Waals surface area contributed by atoms with Gasteiger partial charge in [-0.2, -0.15) is 0 Å². The van der Waals surface area contributed by atoms with Crippen LogP contribution in [0.5, 0.6) is 5.75 Å². The zero-order chi connectivity index (χ0) is 22.4. The summed E-state index contributed by atoms with van der Waals surface area (Å²) in [5.74, 6) is 0.161. The number of piperidine rings is 1. The number of ether oxygens (including phenoxy) is 2. The van der Waals surface area contributed by atoms with Crippen LogP contribution in [0.25, 0.3) is 0 Å². The number of nitrogens with zero attached hydrogens (tertiary/aromatic N) is 2. The van der Waals surface area contributed by atoms with Gasteiger partial charge in [-0.1, -0.05) is 12.1 Å². The molecule has 2 fully saturated rings. The van der Waals surface area contributed by atoms with Gasteiger partial charge in [0.05, 0.1) is 19.2 Å². The maximum atomic E-state index is 12.6. The number of piperazine rings is 1. The summed E-state index contributed by atoms with van der Waals surface area (Å²) in [5, 5.41) is 14.0. The molecule has 1 aromatic rings. The van der Waals surface area contributed by atoms with Gasteiger partial charge in [0.15, 0.2) is 6.61 Å². The van der Waals surface area contributed by atoms with E-state index in [0.29, 0.717) is 30.4 Å². The first-order chi connectivity index (χ1) is 14.7. The molecule has 2 N–H and O–H groups in total. The Balaban J connectivity index is 1.45. The molecule has 2 saturated heterocycles. The first kappa shape index (κ1) is 23.5. The third-order valence-electron chi connectivity index (χ3n) is 5.61. The van der Waals surface area contributed by atoms with E-state index < -0.39 is 17.7 Å². The average Bonchev–Trinajstić information content (AvgIpc) is 2.73. The summed E-state index contributed by atoms with van der Waals surface area (Å²) in [5.41, 5.74) is 0.156. The Kier molecular flexibility index (Phi) is 7.91. The molecule has 0 bridgehead atoms. The molecule has 2 aliphatic rings. The molecular formula is C23H35N3O5. The SMILES string of the molecule is CC(C)(C)OC(=O)COc1ccc(C(O)CN2CCN(C3CCNCC3)CC2=O)cc1. The number of aliphatic hydroxyl groups is 1. The van der Waals surface area contributed by atoms with Crippen molar-refractivity contribution in [2.24, 2.45) is 0 Å². The van der Waals surface area contributed by atoms with Crippen LogP contribution in [0.15, 0.2) is 24.3 Å². The van der Waals surface area contributed by atoms with Crippen LogP contribution in [0, 0.1) is 0 Å². The van der Waals surface area contributed by atoms with Crippen molar-refractivity contribution in [1.82, 2.24) is 15.1 Å². The molecule has 0 spiro atoms. The van der Waals surface area contributed by atoms with Gasteiger partial charge in [-0.05, 0) is 64.4 Å². The van der Waals surface area contributed by atoms with Gasteiger partial charge in [0.2, 0.25) is 5.91 Å². The lowest BCUT2D eigenvalue weighted by Gasteiger charge is -2.40. The second kappa shape index (κ2) is 10.4. The number of esters is 1. The van der Waals surface area contributed by atoms with Crippen LogP contribution in [0.1, 0.15) is 45.3 Å². The lowest BCUT2D eigenvalue weighted by molar-refractivity contribution is -0.157. The maximum Gasteiger partial charge on any atom is 0.344 e. The van der Waals surface area contributed by atoms with Gasteiger partial charge in [0.25, 0.3) is 0 Å². The molecule has 0 aliphatic carbocycles. The monoisotopic (exact) mass is 433 g/mol. The van der Waals surface area contributed by atoms with Crippen LogP contribution in [-0.4, -0.2) is 84.3 Å². The molecule has 1 unspecified atom stereocenters. The quantitative estimate of drug-likeness (QED) is 0.627. The maximum absolute atomic E-state index is 12.6. The molecule has 0 aromatic heterocycles. The highest BCUT2D eigenvalue weighted by Crippen LogP contribution is 2.21. The fourth-order valence-electron chi connectivity index (χ4n) is 4.02. The van der Waals surface area contributed by atoms with E-state index >= 15 is 0 Å². The molecule has 8 nitrogen and oxygen atoms in total. The number of hydrogen-bond acceptors (Lipinski definition) is 7. The van der Waals surface area contributed by atoms with E-state index in [-0.39, 0.29) is 19.1 Å². The molecular weight excluding hydrogens is 398 g/mol. The van der Waals surface area contributed by atoms with Crippen molar-refractivity contribution in [2.45, 2.75) is 51.4 Å². The van der Waals surface area contributed by atoms with E-state index in [1.807, 2.05) is 0 Å². The number of aliphatic hydroxyl groups excluding tert-OH is 1. The Bertz CT molecular complexity index is 741. The number of rotatable bonds is 7. The van der Waals surface area contributed by atoms with Gasteiger partial charge in [-0.25, -0.2) is 4.79 Å². The largest absolute Gasteiger partial charge is 0.482 e. The van der Waals surface area contributed by atoms with Gasteiger partial charge in [-0.3, -0.25) is 9.69 Å². The molecule has 3 rings (SSSR count). The van der Waals surface area contributed by atoms with Crippen LogP contribution in [0.4, 0.5) is 0 Å². The first-order valence-corrected chi connectivity index (χ1v) is 11.1. The van der Waals surface area contributed by atoms with Crippen molar-refractivity contribution in [1.29, 1.82) is 0 Å². The summed E-state index contributed by atoms with van der Waals surface area (Å²) in [7, 11) is 0. The fraction of sp³-hybridized carbons (Fsp3) is 0.652. The number of nitrogens with one attached hydrogen (secondary N) is 1. The van der Waals surface area contributed by atoms with Crippen LogP contribution < -0.4 is 10.1 Å². The predicted molar refractivity (Wildman–Crippen MR) is 117 cm³/mol. The van der Waals surface area contributed by atoms with Crippen molar-refractivity contribution in [3.8, 4) is 5.75 Å².